The minimum absolute atomic E-state index is 0.00112. The van der Waals surface area contributed by atoms with E-state index in [4.69, 9.17) is 9.84 Å². The summed E-state index contributed by atoms with van der Waals surface area (Å²) < 4.78 is 7.75. The maximum absolute atomic E-state index is 10.7. The lowest BCUT2D eigenvalue weighted by Crippen LogP contribution is -2.07. The molecule has 1 aromatic heterocycles. The number of carboxylic acid groups (broad SMARTS) is 1. The van der Waals surface area contributed by atoms with Crippen molar-refractivity contribution in [1.82, 2.24) is 9.55 Å². The molecule has 2 rings (SSSR count). The summed E-state index contributed by atoms with van der Waals surface area (Å²) in [5, 5.41) is 8.78. The van der Waals surface area contributed by atoms with Crippen LogP contribution in [0.2, 0.25) is 0 Å². The number of nitrogens with zero attached hydrogens (tertiary/aromatic N) is 2. The predicted molar refractivity (Wildman–Crippen MR) is 74.7 cm³/mol. The largest absolute Gasteiger partial charge is 0.487 e. The quantitative estimate of drug-likeness (QED) is 0.879. The number of imidazole rings is 1. The van der Waals surface area contributed by atoms with Crippen molar-refractivity contribution in [1.29, 1.82) is 0 Å². The number of benzene rings is 1. The first-order valence-corrected chi connectivity index (χ1v) is 6.50. The molecular formula is C15H18N2O3. The van der Waals surface area contributed by atoms with Crippen molar-refractivity contribution in [3.63, 3.8) is 0 Å². The van der Waals surface area contributed by atoms with E-state index in [-0.39, 0.29) is 6.42 Å². The standard InChI is InChI=1S/C15H18N2O3/c1-11(2)17-10-16-8-13(17)9-20-14-5-3-4-12(6-14)7-15(18)19/h3-6,8,10-11H,7,9H2,1-2H3,(H,18,19). The van der Waals surface area contributed by atoms with Crippen LogP contribution >= 0.6 is 0 Å². The molecule has 0 fully saturated rings. The first-order chi connectivity index (χ1) is 9.56. The fourth-order valence-corrected chi connectivity index (χ4v) is 1.99. The van der Waals surface area contributed by atoms with Gasteiger partial charge in [-0.3, -0.25) is 4.79 Å². The van der Waals surface area contributed by atoms with E-state index >= 15 is 0 Å². The number of carboxylic acids is 1. The SMILES string of the molecule is CC(C)n1cncc1COc1cccc(CC(=O)O)c1. The molecule has 20 heavy (non-hydrogen) atoms. The van der Waals surface area contributed by atoms with Crippen LogP contribution in [0.1, 0.15) is 31.1 Å². The molecule has 0 saturated carbocycles. The molecule has 0 radical (unpaired) electrons. The number of aromatic nitrogens is 2. The summed E-state index contributed by atoms with van der Waals surface area (Å²) in [7, 11) is 0. The lowest BCUT2D eigenvalue weighted by Gasteiger charge is -2.12. The topological polar surface area (TPSA) is 64.4 Å². The van der Waals surface area contributed by atoms with Gasteiger partial charge in [-0.2, -0.15) is 0 Å². The van der Waals surface area contributed by atoms with Crippen molar-refractivity contribution >= 4 is 5.97 Å². The van der Waals surface area contributed by atoms with Gasteiger partial charge in [0.25, 0.3) is 0 Å². The Morgan fingerprint density at radius 1 is 1.45 bits per heavy atom. The van der Waals surface area contributed by atoms with Crippen LogP contribution in [-0.4, -0.2) is 20.6 Å². The summed E-state index contributed by atoms with van der Waals surface area (Å²) in [5.41, 5.74) is 1.72. The second kappa shape index (κ2) is 6.23. The first kappa shape index (κ1) is 14.1. The van der Waals surface area contributed by atoms with E-state index < -0.39 is 5.97 Å². The van der Waals surface area contributed by atoms with Gasteiger partial charge in [-0.1, -0.05) is 12.1 Å². The zero-order chi connectivity index (χ0) is 14.5. The van der Waals surface area contributed by atoms with E-state index in [1.165, 1.54) is 0 Å². The molecule has 5 nitrogen and oxygen atoms in total. The zero-order valence-corrected chi connectivity index (χ0v) is 11.6. The Kier molecular flexibility index (Phi) is 4.40. The third-order valence-corrected chi connectivity index (χ3v) is 2.94. The second-order valence-corrected chi connectivity index (χ2v) is 4.89. The summed E-state index contributed by atoms with van der Waals surface area (Å²) in [6, 6.07) is 7.48. The van der Waals surface area contributed by atoms with Crippen LogP contribution in [0.25, 0.3) is 0 Å². The van der Waals surface area contributed by atoms with Crippen LogP contribution in [0.15, 0.2) is 36.8 Å². The number of hydrogen-bond donors (Lipinski definition) is 1. The van der Waals surface area contributed by atoms with Gasteiger partial charge in [0.05, 0.1) is 24.6 Å². The average molecular weight is 274 g/mol. The maximum Gasteiger partial charge on any atom is 0.307 e. The fourth-order valence-electron chi connectivity index (χ4n) is 1.99. The highest BCUT2D eigenvalue weighted by molar-refractivity contribution is 5.70. The van der Waals surface area contributed by atoms with Gasteiger partial charge >= 0.3 is 5.97 Å². The van der Waals surface area contributed by atoms with E-state index in [2.05, 4.69) is 18.8 Å². The number of hydrogen-bond acceptors (Lipinski definition) is 3. The van der Waals surface area contributed by atoms with Crippen molar-refractivity contribution in [2.45, 2.75) is 32.9 Å². The van der Waals surface area contributed by atoms with Crippen molar-refractivity contribution < 1.29 is 14.6 Å². The van der Waals surface area contributed by atoms with Gasteiger partial charge in [-0.05, 0) is 31.5 Å². The highest BCUT2D eigenvalue weighted by Crippen LogP contribution is 2.17. The fraction of sp³-hybridized carbons (Fsp3) is 0.333. The molecule has 0 unspecified atom stereocenters. The van der Waals surface area contributed by atoms with Crippen LogP contribution in [0.3, 0.4) is 0 Å². The molecule has 0 atom stereocenters. The van der Waals surface area contributed by atoms with Crippen LogP contribution in [0, 0.1) is 0 Å². The van der Waals surface area contributed by atoms with Gasteiger partial charge in [0.2, 0.25) is 0 Å². The summed E-state index contributed by atoms with van der Waals surface area (Å²) in [6.07, 6.45) is 3.56. The molecule has 1 heterocycles. The van der Waals surface area contributed by atoms with Gasteiger partial charge in [0.1, 0.15) is 12.4 Å². The molecule has 2 aromatic rings. The molecule has 1 N–H and O–H groups in total. The van der Waals surface area contributed by atoms with E-state index in [0.717, 1.165) is 11.3 Å². The monoisotopic (exact) mass is 274 g/mol. The van der Waals surface area contributed by atoms with Crippen molar-refractivity contribution in [3.05, 3.63) is 48.0 Å². The first-order valence-electron chi connectivity index (χ1n) is 6.50. The highest BCUT2D eigenvalue weighted by atomic mass is 16.5. The van der Waals surface area contributed by atoms with E-state index in [0.29, 0.717) is 18.4 Å². The van der Waals surface area contributed by atoms with Crippen LogP contribution in [0.4, 0.5) is 0 Å². The number of rotatable bonds is 6. The smallest absolute Gasteiger partial charge is 0.307 e. The zero-order valence-electron chi connectivity index (χ0n) is 11.6. The molecule has 5 heteroatoms. The van der Waals surface area contributed by atoms with Crippen molar-refractivity contribution in [2.75, 3.05) is 0 Å². The maximum atomic E-state index is 10.7. The average Bonchev–Trinajstić information content (AvgIpc) is 2.84. The number of ether oxygens (including phenoxy) is 1. The van der Waals surface area contributed by atoms with Crippen molar-refractivity contribution in [3.8, 4) is 5.75 Å². The Balaban J connectivity index is 2.03. The Morgan fingerprint density at radius 2 is 2.25 bits per heavy atom. The predicted octanol–water partition coefficient (Wildman–Crippen LogP) is 2.67. The summed E-state index contributed by atoms with van der Waals surface area (Å²) >= 11 is 0. The summed E-state index contributed by atoms with van der Waals surface area (Å²) in [4.78, 5) is 14.8. The van der Waals surface area contributed by atoms with Crippen LogP contribution in [0.5, 0.6) is 5.75 Å². The number of aliphatic carboxylic acids is 1. The summed E-state index contributed by atoms with van der Waals surface area (Å²) in [5.74, 6) is -0.180. The Labute approximate surface area is 117 Å². The van der Waals surface area contributed by atoms with E-state index in [9.17, 15) is 4.79 Å². The van der Waals surface area contributed by atoms with Gasteiger partial charge in [0.15, 0.2) is 0 Å². The minimum Gasteiger partial charge on any atom is -0.487 e. The third kappa shape index (κ3) is 3.60. The highest BCUT2D eigenvalue weighted by Gasteiger charge is 2.07. The molecule has 0 amide bonds. The molecule has 0 bridgehead atoms. The van der Waals surface area contributed by atoms with E-state index in [1.54, 1.807) is 30.7 Å². The van der Waals surface area contributed by atoms with Gasteiger partial charge < -0.3 is 14.4 Å². The minimum atomic E-state index is -0.847. The molecule has 0 spiro atoms. The third-order valence-electron chi connectivity index (χ3n) is 2.94. The molecular weight excluding hydrogens is 256 g/mol. The molecule has 0 aliphatic rings. The van der Waals surface area contributed by atoms with Gasteiger partial charge in [0, 0.05) is 6.04 Å². The van der Waals surface area contributed by atoms with Gasteiger partial charge in [-0.25, -0.2) is 4.98 Å². The molecule has 106 valence electrons. The number of carbonyl (C=O) groups is 1. The Bertz CT molecular complexity index is 590. The molecule has 0 saturated heterocycles. The van der Waals surface area contributed by atoms with Gasteiger partial charge in [-0.15, -0.1) is 0 Å². The lowest BCUT2D eigenvalue weighted by atomic mass is 10.1. The molecule has 1 aromatic carbocycles. The van der Waals surface area contributed by atoms with Crippen LogP contribution in [-0.2, 0) is 17.8 Å². The van der Waals surface area contributed by atoms with Crippen molar-refractivity contribution in [2.24, 2.45) is 0 Å². The Morgan fingerprint density at radius 3 is 2.95 bits per heavy atom. The lowest BCUT2D eigenvalue weighted by molar-refractivity contribution is -0.136. The van der Waals surface area contributed by atoms with E-state index in [1.807, 2.05) is 10.6 Å². The Hall–Kier alpha value is -2.30. The molecule has 0 aliphatic heterocycles. The second-order valence-electron chi connectivity index (χ2n) is 4.89. The summed E-state index contributed by atoms with van der Waals surface area (Å²) in [6.45, 7) is 4.58. The molecule has 0 aliphatic carbocycles. The normalized spacial score (nSPS) is 10.8. The van der Waals surface area contributed by atoms with Crippen LogP contribution < -0.4 is 4.74 Å².